The number of nitrogens with zero attached hydrogens (tertiary/aromatic N) is 3. The summed E-state index contributed by atoms with van der Waals surface area (Å²) >= 11 is 0. The van der Waals surface area contributed by atoms with Crippen LogP contribution >= 0.6 is 0 Å². The predicted molar refractivity (Wildman–Crippen MR) is 95.8 cm³/mol. The van der Waals surface area contributed by atoms with E-state index in [0.717, 1.165) is 23.4 Å². The van der Waals surface area contributed by atoms with Crippen molar-refractivity contribution in [3.8, 4) is 0 Å². The topological polar surface area (TPSA) is 51.9 Å². The van der Waals surface area contributed by atoms with Gasteiger partial charge in [0.05, 0.1) is 5.69 Å². The summed E-state index contributed by atoms with van der Waals surface area (Å²) in [6, 6.07) is 8.30. The van der Waals surface area contributed by atoms with Gasteiger partial charge >= 0.3 is 0 Å². The van der Waals surface area contributed by atoms with Crippen molar-refractivity contribution in [2.45, 2.75) is 33.2 Å². The Hall–Kier alpha value is -2.56. The zero-order valence-corrected chi connectivity index (χ0v) is 14.8. The zero-order chi connectivity index (χ0) is 17.3. The molecule has 3 rings (SSSR count). The lowest BCUT2D eigenvalue weighted by Gasteiger charge is -2.06. The first-order valence-electron chi connectivity index (χ1n) is 8.26. The standard InChI is InChI=1S/C19H24N4O/c1-13-17(14(2)23(4)21-13)11-20-19(24)10-9-15-12-22(3)18-8-6-5-7-16(15)18/h5-8,12H,9-11H2,1-4H3,(H,20,24). The van der Waals surface area contributed by atoms with Gasteiger partial charge in [0, 0.05) is 55.4 Å². The van der Waals surface area contributed by atoms with Crippen LogP contribution in [0.3, 0.4) is 0 Å². The van der Waals surface area contributed by atoms with Crippen molar-refractivity contribution in [2.24, 2.45) is 14.1 Å². The first-order valence-corrected chi connectivity index (χ1v) is 8.26. The largest absolute Gasteiger partial charge is 0.352 e. The lowest BCUT2D eigenvalue weighted by Crippen LogP contribution is -2.23. The first kappa shape index (κ1) is 16.3. The molecule has 5 nitrogen and oxygen atoms in total. The summed E-state index contributed by atoms with van der Waals surface area (Å²) in [4.78, 5) is 12.2. The van der Waals surface area contributed by atoms with Crippen molar-refractivity contribution >= 4 is 16.8 Å². The summed E-state index contributed by atoms with van der Waals surface area (Å²) in [7, 11) is 3.97. The number of para-hydroxylation sites is 1. The van der Waals surface area contributed by atoms with E-state index in [9.17, 15) is 4.79 Å². The number of carbonyl (C=O) groups excluding carboxylic acids is 1. The third-order valence-electron chi connectivity index (χ3n) is 4.72. The number of amides is 1. The van der Waals surface area contributed by atoms with Gasteiger partial charge < -0.3 is 9.88 Å². The van der Waals surface area contributed by atoms with E-state index in [-0.39, 0.29) is 5.91 Å². The molecule has 3 aromatic rings. The van der Waals surface area contributed by atoms with Gasteiger partial charge in [-0.25, -0.2) is 0 Å². The second-order valence-electron chi connectivity index (χ2n) is 6.33. The number of aromatic nitrogens is 3. The first-order chi connectivity index (χ1) is 11.5. The monoisotopic (exact) mass is 324 g/mol. The Morgan fingerprint density at radius 2 is 1.96 bits per heavy atom. The SMILES string of the molecule is Cc1nn(C)c(C)c1CNC(=O)CCc1cn(C)c2ccccc12. The summed E-state index contributed by atoms with van der Waals surface area (Å²) in [6.07, 6.45) is 3.36. The number of carbonyl (C=O) groups is 1. The number of hydrogen-bond donors (Lipinski definition) is 1. The maximum atomic E-state index is 12.2. The van der Waals surface area contributed by atoms with Crippen molar-refractivity contribution in [1.29, 1.82) is 0 Å². The normalized spacial score (nSPS) is 11.2. The molecule has 0 spiro atoms. The molecule has 1 aromatic carbocycles. The molecule has 24 heavy (non-hydrogen) atoms. The molecule has 0 radical (unpaired) electrons. The van der Waals surface area contributed by atoms with Crippen LogP contribution < -0.4 is 5.32 Å². The van der Waals surface area contributed by atoms with Crippen LogP contribution in [0.15, 0.2) is 30.5 Å². The maximum absolute atomic E-state index is 12.2. The molecule has 0 unspecified atom stereocenters. The highest BCUT2D eigenvalue weighted by Crippen LogP contribution is 2.21. The van der Waals surface area contributed by atoms with Crippen molar-refractivity contribution in [1.82, 2.24) is 19.7 Å². The van der Waals surface area contributed by atoms with Crippen molar-refractivity contribution in [2.75, 3.05) is 0 Å². The van der Waals surface area contributed by atoms with E-state index in [1.165, 1.54) is 16.5 Å². The Morgan fingerprint density at radius 1 is 1.21 bits per heavy atom. The molecule has 0 aliphatic rings. The molecule has 2 heterocycles. The fourth-order valence-electron chi connectivity index (χ4n) is 3.22. The van der Waals surface area contributed by atoms with E-state index in [1.807, 2.05) is 44.8 Å². The number of fused-ring (bicyclic) bond motifs is 1. The molecule has 0 atom stereocenters. The molecule has 0 aliphatic carbocycles. The summed E-state index contributed by atoms with van der Waals surface area (Å²) in [5.41, 5.74) is 5.61. The molecule has 126 valence electrons. The van der Waals surface area contributed by atoms with E-state index in [4.69, 9.17) is 0 Å². The molecule has 1 amide bonds. The quantitative estimate of drug-likeness (QED) is 0.784. The van der Waals surface area contributed by atoms with Crippen LogP contribution in [0.1, 0.15) is 28.9 Å². The predicted octanol–water partition coefficient (Wildman–Crippen LogP) is 2.78. The minimum atomic E-state index is 0.0746. The Bertz CT molecular complexity index is 888. The van der Waals surface area contributed by atoms with E-state index in [2.05, 4.69) is 33.3 Å². The molecule has 0 aliphatic heterocycles. The molecular formula is C19H24N4O. The van der Waals surface area contributed by atoms with Gasteiger partial charge in [-0.05, 0) is 31.9 Å². The van der Waals surface area contributed by atoms with Crippen molar-refractivity contribution in [3.05, 3.63) is 53.0 Å². The number of rotatable bonds is 5. The van der Waals surface area contributed by atoms with E-state index < -0.39 is 0 Å². The lowest BCUT2D eigenvalue weighted by atomic mass is 10.1. The van der Waals surface area contributed by atoms with Gasteiger partial charge in [-0.15, -0.1) is 0 Å². The third-order valence-corrected chi connectivity index (χ3v) is 4.72. The van der Waals surface area contributed by atoms with Gasteiger partial charge in [0.15, 0.2) is 0 Å². The van der Waals surface area contributed by atoms with Crippen LogP contribution in [0, 0.1) is 13.8 Å². The van der Waals surface area contributed by atoms with Gasteiger partial charge in [0.1, 0.15) is 0 Å². The van der Waals surface area contributed by atoms with Gasteiger partial charge in [-0.1, -0.05) is 18.2 Å². The highest BCUT2D eigenvalue weighted by atomic mass is 16.1. The van der Waals surface area contributed by atoms with Crippen molar-refractivity contribution < 1.29 is 4.79 Å². The molecule has 0 saturated heterocycles. The fourth-order valence-corrected chi connectivity index (χ4v) is 3.22. The maximum Gasteiger partial charge on any atom is 0.220 e. The smallest absolute Gasteiger partial charge is 0.220 e. The summed E-state index contributed by atoms with van der Waals surface area (Å²) < 4.78 is 3.97. The molecule has 0 saturated carbocycles. The molecule has 5 heteroatoms. The van der Waals surface area contributed by atoms with E-state index in [0.29, 0.717) is 13.0 Å². The van der Waals surface area contributed by atoms with Crippen LogP contribution in [0.5, 0.6) is 0 Å². The summed E-state index contributed by atoms with van der Waals surface area (Å²) in [5.74, 6) is 0.0746. The number of hydrogen-bond acceptors (Lipinski definition) is 2. The average molecular weight is 324 g/mol. The van der Waals surface area contributed by atoms with Gasteiger partial charge in [0.2, 0.25) is 5.91 Å². The number of benzene rings is 1. The molecule has 0 bridgehead atoms. The van der Waals surface area contributed by atoms with Gasteiger partial charge in [-0.3, -0.25) is 9.48 Å². The van der Waals surface area contributed by atoms with Crippen LogP contribution in [0.2, 0.25) is 0 Å². The summed E-state index contributed by atoms with van der Waals surface area (Å²) in [6.45, 7) is 4.54. The Morgan fingerprint density at radius 3 is 2.67 bits per heavy atom. The number of aryl methyl sites for hydroxylation is 4. The van der Waals surface area contributed by atoms with Crippen LogP contribution in [-0.4, -0.2) is 20.3 Å². The van der Waals surface area contributed by atoms with Crippen molar-refractivity contribution in [3.63, 3.8) is 0 Å². The second-order valence-corrected chi connectivity index (χ2v) is 6.33. The molecule has 1 N–H and O–H groups in total. The third kappa shape index (κ3) is 3.07. The van der Waals surface area contributed by atoms with E-state index >= 15 is 0 Å². The second kappa shape index (κ2) is 6.51. The Kier molecular flexibility index (Phi) is 4.42. The van der Waals surface area contributed by atoms with Crippen LogP contribution in [0.25, 0.3) is 10.9 Å². The Balaban J connectivity index is 1.61. The number of nitrogens with one attached hydrogen (secondary N) is 1. The van der Waals surface area contributed by atoms with Crippen LogP contribution in [-0.2, 0) is 31.9 Å². The highest BCUT2D eigenvalue weighted by molar-refractivity contribution is 5.84. The lowest BCUT2D eigenvalue weighted by molar-refractivity contribution is -0.121. The van der Waals surface area contributed by atoms with Crippen LogP contribution in [0.4, 0.5) is 0 Å². The fraction of sp³-hybridized carbons (Fsp3) is 0.368. The molecule has 0 fully saturated rings. The van der Waals surface area contributed by atoms with Gasteiger partial charge in [-0.2, -0.15) is 5.10 Å². The minimum absolute atomic E-state index is 0.0746. The molecular weight excluding hydrogens is 300 g/mol. The van der Waals surface area contributed by atoms with E-state index in [1.54, 1.807) is 0 Å². The Labute approximate surface area is 142 Å². The minimum Gasteiger partial charge on any atom is -0.352 e. The zero-order valence-electron chi connectivity index (χ0n) is 14.8. The average Bonchev–Trinajstić information content (AvgIpc) is 3.01. The highest BCUT2D eigenvalue weighted by Gasteiger charge is 2.12. The summed E-state index contributed by atoms with van der Waals surface area (Å²) in [5, 5.41) is 8.63. The molecule has 2 aromatic heterocycles. The van der Waals surface area contributed by atoms with Gasteiger partial charge in [0.25, 0.3) is 0 Å².